The first kappa shape index (κ1) is 24.8. The van der Waals surface area contributed by atoms with Crippen molar-refractivity contribution < 1.29 is 23.9 Å². The molecule has 5 rings (SSSR count). The molecule has 2 N–H and O–H groups in total. The van der Waals surface area contributed by atoms with Crippen molar-refractivity contribution in [2.24, 2.45) is 5.92 Å². The van der Waals surface area contributed by atoms with Gasteiger partial charge in [0.05, 0.1) is 25.1 Å². The molecule has 2 aromatic carbocycles. The maximum atomic E-state index is 13.6. The third-order valence-electron chi connectivity index (χ3n) is 7.29. The fourth-order valence-corrected chi connectivity index (χ4v) is 5.21. The number of benzene rings is 2. The van der Waals surface area contributed by atoms with Gasteiger partial charge in [0.15, 0.2) is 0 Å². The fraction of sp³-hybridized carbons (Fsp3) is 0.429. The highest BCUT2D eigenvalue weighted by molar-refractivity contribution is 6.17. The average molecular weight is 505 g/mol. The molecule has 2 aliphatic carbocycles. The van der Waals surface area contributed by atoms with Gasteiger partial charge in [0.1, 0.15) is 12.3 Å². The molecule has 1 aliphatic heterocycles. The van der Waals surface area contributed by atoms with Crippen LogP contribution in [0.25, 0.3) is 0 Å². The quantitative estimate of drug-likeness (QED) is 0.572. The van der Waals surface area contributed by atoms with E-state index in [2.05, 4.69) is 10.6 Å². The van der Waals surface area contributed by atoms with Crippen molar-refractivity contribution in [3.63, 3.8) is 0 Å². The summed E-state index contributed by atoms with van der Waals surface area (Å²) in [4.78, 5) is 54.9. The molecule has 0 aromatic heterocycles. The summed E-state index contributed by atoms with van der Waals surface area (Å²) in [6.45, 7) is -0.144. The average Bonchev–Trinajstić information content (AvgIpc) is 3.72. The van der Waals surface area contributed by atoms with Gasteiger partial charge < -0.3 is 20.3 Å². The number of nitrogens with one attached hydrogen (secondary N) is 2. The van der Waals surface area contributed by atoms with Crippen LogP contribution in [0.3, 0.4) is 0 Å². The van der Waals surface area contributed by atoms with E-state index >= 15 is 0 Å². The van der Waals surface area contributed by atoms with Crippen molar-refractivity contribution >= 4 is 35.1 Å². The number of amides is 5. The molecule has 0 spiro atoms. The van der Waals surface area contributed by atoms with Crippen molar-refractivity contribution in [3.8, 4) is 5.75 Å². The maximum Gasteiger partial charge on any atom is 0.332 e. The number of urea groups is 1. The summed E-state index contributed by atoms with van der Waals surface area (Å²) >= 11 is 0. The van der Waals surface area contributed by atoms with Crippen molar-refractivity contribution in [1.82, 2.24) is 10.2 Å². The first-order chi connectivity index (χ1) is 17.9. The standard InChI is InChI=1S/C28H32N4O5/c1-37-22-14-10-20(11-15-22)30-26(34)17-31-24-5-3-2-4-23(24)27(35)32(28(31)36)21-12-6-18(7-13-21)16-25(33)29-19-8-9-19/h6-7,10-15,19,23-24H,2-5,8-9,16-17H2,1H3,(H,29,33)(H,30,34). The Labute approximate surface area is 216 Å². The van der Waals surface area contributed by atoms with Crippen molar-refractivity contribution in [3.05, 3.63) is 54.1 Å². The molecule has 5 amide bonds. The molecule has 2 saturated carbocycles. The summed E-state index contributed by atoms with van der Waals surface area (Å²) in [5.41, 5.74) is 1.86. The van der Waals surface area contributed by atoms with Gasteiger partial charge in [-0.15, -0.1) is 0 Å². The van der Waals surface area contributed by atoms with Crippen LogP contribution in [-0.2, 0) is 20.8 Å². The van der Waals surface area contributed by atoms with Gasteiger partial charge in [-0.05, 0) is 67.6 Å². The predicted octanol–water partition coefficient (Wildman–Crippen LogP) is 3.48. The molecule has 2 unspecified atom stereocenters. The number of nitrogens with zero attached hydrogens (tertiary/aromatic N) is 2. The minimum absolute atomic E-state index is 0.0283. The SMILES string of the molecule is COc1ccc(NC(=O)CN2C(=O)N(c3ccc(CC(=O)NC4CC4)cc3)C(=O)C3CCCCC32)cc1. The number of fused-ring (bicyclic) bond motifs is 1. The van der Waals surface area contributed by atoms with Crippen molar-refractivity contribution in [1.29, 1.82) is 0 Å². The summed E-state index contributed by atoms with van der Waals surface area (Å²) in [5, 5.41) is 5.80. The van der Waals surface area contributed by atoms with Crippen molar-refractivity contribution in [2.75, 3.05) is 23.9 Å². The van der Waals surface area contributed by atoms with E-state index in [1.807, 2.05) is 0 Å². The molecule has 1 saturated heterocycles. The number of hydrogen-bond acceptors (Lipinski definition) is 5. The van der Waals surface area contributed by atoms with E-state index in [0.29, 0.717) is 36.0 Å². The number of imide groups is 1. The molecular formula is C28H32N4O5. The molecule has 194 valence electrons. The lowest BCUT2D eigenvalue weighted by Crippen LogP contribution is -2.64. The molecule has 3 fully saturated rings. The van der Waals surface area contributed by atoms with Crippen LogP contribution in [0.4, 0.5) is 16.2 Å². The zero-order valence-corrected chi connectivity index (χ0v) is 20.9. The summed E-state index contributed by atoms with van der Waals surface area (Å²) < 4.78 is 5.15. The Morgan fingerprint density at radius 2 is 1.62 bits per heavy atom. The molecule has 3 aliphatic rings. The number of carbonyl (C=O) groups excluding carboxylic acids is 4. The van der Waals surface area contributed by atoms with Crippen LogP contribution in [0.5, 0.6) is 5.75 Å². The van der Waals surface area contributed by atoms with Gasteiger partial charge in [0.25, 0.3) is 0 Å². The van der Waals surface area contributed by atoms with Gasteiger partial charge in [-0.2, -0.15) is 0 Å². The first-order valence-electron chi connectivity index (χ1n) is 12.9. The fourth-order valence-electron chi connectivity index (χ4n) is 5.21. The van der Waals surface area contributed by atoms with E-state index in [1.165, 1.54) is 4.90 Å². The van der Waals surface area contributed by atoms with Crippen LogP contribution in [0, 0.1) is 5.92 Å². The lowest BCUT2D eigenvalue weighted by atomic mass is 9.81. The number of hydrogen-bond donors (Lipinski definition) is 2. The van der Waals surface area contributed by atoms with Crippen LogP contribution >= 0.6 is 0 Å². The normalized spacial score (nSPS) is 21.3. The third kappa shape index (κ3) is 5.60. The molecule has 2 atom stereocenters. The zero-order chi connectivity index (χ0) is 25.9. The lowest BCUT2D eigenvalue weighted by molar-refractivity contribution is -0.128. The Kier molecular flexibility index (Phi) is 7.12. The summed E-state index contributed by atoms with van der Waals surface area (Å²) in [6.07, 6.45) is 5.51. The minimum Gasteiger partial charge on any atom is -0.497 e. The summed E-state index contributed by atoms with van der Waals surface area (Å²) in [6, 6.07) is 13.4. The number of rotatable bonds is 8. The van der Waals surface area contributed by atoms with E-state index < -0.39 is 6.03 Å². The van der Waals surface area contributed by atoms with Crippen LogP contribution in [0.15, 0.2) is 48.5 Å². The van der Waals surface area contributed by atoms with Gasteiger partial charge in [-0.3, -0.25) is 14.4 Å². The second kappa shape index (κ2) is 10.6. The van der Waals surface area contributed by atoms with Crippen LogP contribution < -0.4 is 20.3 Å². The van der Waals surface area contributed by atoms with E-state index in [9.17, 15) is 19.2 Å². The summed E-state index contributed by atoms with van der Waals surface area (Å²) in [5.74, 6) is -0.239. The number of methoxy groups -OCH3 is 1. The summed E-state index contributed by atoms with van der Waals surface area (Å²) in [7, 11) is 1.57. The second-order valence-electron chi connectivity index (χ2n) is 10.0. The highest BCUT2D eigenvalue weighted by Crippen LogP contribution is 2.36. The molecule has 9 heteroatoms. The molecule has 37 heavy (non-hydrogen) atoms. The molecule has 0 bridgehead atoms. The number of carbonyl (C=O) groups is 4. The van der Waals surface area contributed by atoms with Gasteiger partial charge in [0.2, 0.25) is 17.7 Å². The topological polar surface area (TPSA) is 108 Å². The van der Waals surface area contributed by atoms with Gasteiger partial charge >= 0.3 is 6.03 Å². The predicted molar refractivity (Wildman–Crippen MR) is 138 cm³/mol. The Morgan fingerprint density at radius 3 is 2.30 bits per heavy atom. The maximum absolute atomic E-state index is 13.6. The first-order valence-corrected chi connectivity index (χ1v) is 12.9. The van der Waals surface area contributed by atoms with E-state index in [4.69, 9.17) is 4.74 Å². The highest BCUT2D eigenvalue weighted by atomic mass is 16.5. The number of anilines is 2. The Balaban J connectivity index is 1.31. The van der Waals surface area contributed by atoms with Crippen LogP contribution in [-0.4, -0.2) is 54.4 Å². The lowest BCUT2D eigenvalue weighted by Gasteiger charge is -2.46. The molecule has 1 heterocycles. The molecular weight excluding hydrogens is 472 g/mol. The second-order valence-corrected chi connectivity index (χ2v) is 10.0. The van der Waals surface area contributed by atoms with E-state index in [0.717, 1.165) is 31.2 Å². The Morgan fingerprint density at radius 1 is 0.919 bits per heavy atom. The largest absolute Gasteiger partial charge is 0.497 e. The van der Waals surface area contributed by atoms with E-state index in [1.54, 1.807) is 60.5 Å². The zero-order valence-electron chi connectivity index (χ0n) is 20.9. The van der Waals surface area contributed by atoms with Gasteiger partial charge in [0, 0.05) is 17.8 Å². The van der Waals surface area contributed by atoms with Gasteiger partial charge in [-0.25, -0.2) is 9.69 Å². The minimum atomic E-state index is -0.489. The van der Waals surface area contributed by atoms with Gasteiger partial charge in [-0.1, -0.05) is 25.0 Å². The smallest absolute Gasteiger partial charge is 0.332 e. The van der Waals surface area contributed by atoms with E-state index in [-0.39, 0.29) is 42.6 Å². The third-order valence-corrected chi connectivity index (χ3v) is 7.29. The Bertz CT molecular complexity index is 1180. The van der Waals surface area contributed by atoms with Crippen LogP contribution in [0.2, 0.25) is 0 Å². The monoisotopic (exact) mass is 504 g/mol. The molecule has 9 nitrogen and oxygen atoms in total. The highest BCUT2D eigenvalue weighted by Gasteiger charge is 2.48. The van der Waals surface area contributed by atoms with Crippen molar-refractivity contribution in [2.45, 2.75) is 57.0 Å². The molecule has 0 radical (unpaired) electrons. The Hall–Kier alpha value is -3.88. The number of ether oxygens (including phenoxy) is 1. The molecule has 2 aromatic rings. The van der Waals surface area contributed by atoms with Crippen LogP contribution in [0.1, 0.15) is 44.1 Å².